The van der Waals surface area contributed by atoms with Gasteiger partial charge in [0.15, 0.2) is 0 Å². The minimum absolute atomic E-state index is 0.303. The summed E-state index contributed by atoms with van der Waals surface area (Å²) in [5.41, 5.74) is 0. The van der Waals surface area contributed by atoms with Crippen LogP contribution in [0.25, 0.3) is 0 Å². The third-order valence-electron chi connectivity index (χ3n) is 1.04. The molecular weight excluding hydrogens is 130 g/mol. The van der Waals surface area contributed by atoms with Crippen molar-refractivity contribution in [2.24, 2.45) is 0 Å². The third-order valence-corrected chi connectivity index (χ3v) is 1.04. The zero-order valence-electron chi connectivity index (χ0n) is 5.59. The van der Waals surface area contributed by atoms with E-state index < -0.39 is 0 Å². The van der Waals surface area contributed by atoms with Crippen LogP contribution in [0.4, 0.5) is 5.82 Å². The van der Waals surface area contributed by atoms with Crippen LogP contribution in [0.15, 0.2) is 12.3 Å². The molecule has 0 aliphatic heterocycles. The highest BCUT2D eigenvalue weighted by Crippen LogP contribution is 1.99. The molecule has 53 valence electrons. The first-order valence-electron chi connectivity index (χ1n) is 2.97. The molecule has 1 rings (SSSR count). The summed E-state index contributed by atoms with van der Waals surface area (Å²) in [6, 6.07) is 1.44. The van der Waals surface area contributed by atoms with Gasteiger partial charge in [-0.15, -0.1) is 0 Å². The Bertz CT molecular complexity index is 195. The molecule has 1 radical (unpaired) electrons. The zero-order chi connectivity index (χ0) is 7.40. The normalized spacial score (nSPS) is 12.5. The summed E-state index contributed by atoms with van der Waals surface area (Å²) in [4.78, 5) is 10.0. The average Bonchev–Trinajstić information content (AvgIpc) is 2.40. The number of nitrogens with zero attached hydrogens (tertiary/aromatic N) is 1. The van der Waals surface area contributed by atoms with Gasteiger partial charge in [-0.1, -0.05) is 0 Å². The topological polar surface area (TPSA) is 57.8 Å². The van der Waals surface area contributed by atoms with Crippen molar-refractivity contribution < 1.29 is 4.79 Å². The van der Waals surface area contributed by atoms with Crippen LogP contribution in [0.2, 0.25) is 0 Å². The monoisotopic (exact) mass is 138 g/mol. The number of nitrogens with one attached hydrogen (secondary N) is 2. The van der Waals surface area contributed by atoms with Gasteiger partial charge >= 0.3 is 0 Å². The fraction of sp³-hybridized carbons (Fsp3) is 0.333. The Morgan fingerprint density at radius 2 is 2.70 bits per heavy atom. The van der Waals surface area contributed by atoms with Gasteiger partial charge in [-0.05, 0) is 13.0 Å². The standard InChI is InChI=1S/C6H8N3O/c1-5(4-10)8-6-2-3-7-9-6/h2-3,5H,1H3,(H2,7,8,9). The largest absolute Gasteiger partial charge is 0.359 e. The highest BCUT2D eigenvalue weighted by Gasteiger charge is 1.99. The van der Waals surface area contributed by atoms with Crippen LogP contribution in [0, 0.1) is 0 Å². The van der Waals surface area contributed by atoms with E-state index in [0.29, 0.717) is 5.82 Å². The molecule has 0 fully saturated rings. The van der Waals surface area contributed by atoms with Gasteiger partial charge in [0, 0.05) is 6.20 Å². The van der Waals surface area contributed by atoms with Gasteiger partial charge in [-0.2, -0.15) is 5.10 Å². The Morgan fingerprint density at radius 3 is 3.20 bits per heavy atom. The van der Waals surface area contributed by atoms with Crippen molar-refractivity contribution in [2.45, 2.75) is 13.0 Å². The highest BCUT2D eigenvalue weighted by atomic mass is 16.1. The van der Waals surface area contributed by atoms with Crippen molar-refractivity contribution in [1.29, 1.82) is 0 Å². The fourth-order valence-corrected chi connectivity index (χ4v) is 0.592. The lowest BCUT2D eigenvalue weighted by Crippen LogP contribution is -2.16. The number of aromatic amines is 1. The lowest BCUT2D eigenvalue weighted by molar-refractivity contribution is 0.548. The van der Waals surface area contributed by atoms with E-state index in [2.05, 4.69) is 15.5 Å². The Hall–Kier alpha value is -1.32. The van der Waals surface area contributed by atoms with Crippen LogP contribution in [-0.4, -0.2) is 22.5 Å². The van der Waals surface area contributed by atoms with E-state index in [9.17, 15) is 4.79 Å². The van der Waals surface area contributed by atoms with Gasteiger partial charge in [0.2, 0.25) is 6.29 Å². The molecule has 1 aromatic rings. The van der Waals surface area contributed by atoms with Gasteiger partial charge in [0.05, 0.1) is 6.04 Å². The van der Waals surface area contributed by atoms with Crippen LogP contribution in [0.1, 0.15) is 6.92 Å². The van der Waals surface area contributed by atoms with Crippen LogP contribution in [0.5, 0.6) is 0 Å². The lowest BCUT2D eigenvalue weighted by Gasteiger charge is -2.01. The number of aromatic nitrogens is 2. The number of hydrogen-bond acceptors (Lipinski definition) is 3. The molecule has 4 heteroatoms. The fourth-order valence-electron chi connectivity index (χ4n) is 0.592. The second-order valence-electron chi connectivity index (χ2n) is 1.94. The van der Waals surface area contributed by atoms with Crippen molar-refractivity contribution in [2.75, 3.05) is 5.32 Å². The maximum atomic E-state index is 10.0. The van der Waals surface area contributed by atoms with E-state index in [1.165, 1.54) is 0 Å². The second-order valence-corrected chi connectivity index (χ2v) is 1.94. The zero-order valence-corrected chi connectivity index (χ0v) is 5.59. The molecule has 1 aromatic heterocycles. The predicted molar refractivity (Wildman–Crippen MR) is 37.4 cm³/mol. The second kappa shape index (κ2) is 3.00. The molecule has 1 heterocycles. The molecule has 0 aliphatic rings. The Morgan fingerprint density at radius 1 is 1.90 bits per heavy atom. The molecule has 0 aliphatic carbocycles. The highest BCUT2D eigenvalue weighted by molar-refractivity contribution is 5.62. The molecule has 0 saturated carbocycles. The molecule has 4 nitrogen and oxygen atoms in total. The van der Waals surface area contributed by atoms with Gasteiger partial charge in [0.25, 0.3) is 0 Å². The first-order chi connectivity index (χ1) is 4.83. The van der Waals surface area contributed by atoms with Crippen molar-refractivity contribution in [1.82, 2.24) is 10.2 Å². The van der Waals surface area contributed by atoms with Crippen molar-refractivity contribution in [3.8, 4) is 0 Å². The molecule has 0 bridgehead atoms. The summed E-state index contributed by atoms with van der Waals surface area (Å²) in [6.45, 7) is 1.71. The number of anilines is 1. The Kier molecular flexibility index (Phi) is 2.04. The minimum atomic E-state index is -0.303. The van der Waals surface area contributed by atoms with Gasteiger partial charge in [-0.3, -0.25) is 9.89 Å². The summed E-state index contributed by atoms with van der Waals surface area (Å²) < 4.78 is 0. The van der Waals surface area contributed by atoms with E-state index in [4.69, 9.17) is 0 Å². The van der Waals surface area contributed by atoms with Crippen molar-refractivity contribution in [3.05, 3.63) is 12.3 Å². The first kappa shape index (κ1) is 6.80. The molecule has 1 unspecified atom stereocenters. The van der Waals surface area contributed by atoms with Gasteiger partial charge in [-0.25, -0.2) is 0 Å². The number of hydrogen-bond donors (Lipinski definition) is 2. The Balaban J connectivity index is 2.47. The van der Waals surface area contributed by atoms with Crippen LogP contribution in [0.3, 0.4) is 0 Å². The van der Waals surface area contributed by atoms with E-state index in [1.807, 2.05) is 0 Å². The number of carbonyl (C=O) groups excluding carboxylic acids is 1. The molecule has 0 amide bonds. The maximum absolute atomic E-state index is 10.0. The summed E-state index contributed by atoms with van der Waals surface area (Å²) >= 11 is 0. The predicted octanol–water partition coefficient (Wildman–Crippen LogP) is 0.320. The van der Waals surface area contributed by atoms with Crippen molar-refractivity contribution >= 4 is 12.1 Å². The van der Waals surface area contributed by atoms with E-state index in [1.54, 1.807) is 25.5 Å². The SMILES string of the molecule is CC([C]=O)Nc1cc[nH]n1. The molecule has 0 aromatic carbocycles. The third kappa shape index (κ3) is 1.58. The summed E-state index contributed by atoms with van der Waals surface area (Å²) in [7, 11) is 0. The average molecular weight is 138 g/mol. The first-order valence-corrected chi connectivity index (χ1v) is 2.97. The molecule has 2 N–H and O–H groups in total. The quantitative estimate of drug-likeness (QED) is 0.632. The van der Waals surface area contributed by atoms with Crippen LogP contribution in [-0.2, 0) is 4.79 Å². The van der Waals surface area contributed by atoms with E-state index >= 15 is 0 Å². The molecule has 1 atom stereocenters. The van der Waals surface area contributed by atoms with E-state index in [-0.39, 0.29) is 6.04 Å². The minimum Gasteiger partial charge on any atom is -0.359 e. The smallest absolute Gasteiger partial charge is 0.222 e. The maximum Gasteiger partial charge on any atom is 0.222 e. The van der Waals surface area contributed by atoms with Gasteiger partial charge in [0.1, 0.15) is 5.82 Å². The van der Waals surface area contributed by atoms with E-state index in [0.717, 1.165) is 0 Å². The van der Waals surface area contributed by atoms with Crippen LogP contribution >= 0.6 is 0 Å². The summed E-state index contributed by atoms with van der Waals surface area (Å²) in [5.74, 6) is 0.663. The summed E-state index contributed by atoms with van der Waals surface area (Å²) in [6.07, 6.45) is 3.47. The molecular formula is C6H8N3O. The lowest BCUT2D eigenvalue weighted by atomic mass is 10.4. The molecule has 10 heavy (non-hydrogen) atoms. The number of rotatable bonds is 3. The molecule has 0 spiro atoms. The Labute approximate surface area is 58.6 Å². The van der Waals surface area contributed by atoms with Crippen LogP contribution < -0.4 is 5.32 Å². The van der Waals surface area contributed by atoms with Gasteiger partial charge < -0.3 is 5.32 Å². The van der Waals surface area contributed by atoms with Crippen molar-refractivity contribution in [3.63, 3.8) is 0 Å². The summed E-state index contributed by atoms with van der Waals surface area (Å²) in [5, 5.41) is 9.21. The molecule has 0 saturated heterocycles. The number of H-pyrrole nitrogens is 1.